The molecule has 3 rings (SSSR count). The topological polar surface area (TPSA) is 58.1 Å². The van der Waals surface area contributed by atoms with E-state index >= 15 is 0 Å². The molecule has 134 valence electrons. The smallest absolute Gasteiger partial charge is 0.323 e. The molecule has 2 atom stereocenters. The Morgan fingerprint density at radius 3 is 3.00 bits per heavy atom. The number of amides is 2. The van der Waals surface area contributed by atoms with E-state index in [0.717, 1.165) is 24.3 Å². The van der Waals surface area contributed by atoms with Crippen molar-refractivity contribution in [2.75, 3.05) is 18.4 Å². The van der Waals surface area contributed by atoms with Crippen LogP contribution in [-0.2, 0) is 0 Å². The number of hydrogen-bond donors (Lipinski definition) is 1. The van der Waals surface area contributed by atoms with Crippen molar-refractivity contribution in [2.24, 2.45) is 0 Å². The lowest BCUT2D eigenvalue weighted by molar-refractivity contribution is 0.222. The maximum absolute atomic E-state index is 13.9. The Balaban J connectivity index is 1.59. The lowest BCUT2D eigenvalue weighted by Gasteiger charge is -2.16. The van der Waals surface area contributed by atoms with E-state index in [9.17, 15) is 9.18 Å². The molecule has 2 heterocycles. The number of urea groups is 1. The summed E-state index contributed by atoms with van der Waals surface area (Å²) in [5.41, 5.74) is 0.685. The van der Waals surface area contributed by atoms with E-state index < -0.39 is 0 Å². The van der Waals surface area contributed by atoms with Crippen LogP contribution in [0.4, 0.5) is 14.3 Å². The highest BCUT2D eigenvalue weighted by molar-refractivity contribution is 7.15. The third-order valence-corrected chi connectivity index (χ3v) is 5.69. The van der Waals surface area contributed by atoms with E-state index in [-0.39, 0.29) is 17.8 Å². The van der Waals surface area contributed by atoms with Gasteiger partial charge in [-0.25, -0.2) is 9.18 Å². The average Bonchev–Trinajstić information content (AvgIpc) is 3.25. The fraction of sp³-hybridized carbons (Fsp3) is 0.500. The minimum Gasteiger partial charge on any atom is -0.324 e. The minimum absolute atomic E-state index is 0.0431. The number of hydrogen-bond acceptors (Lipinski definition) is 4. The first-order valence-corrected chi connectivity index (χ1v) is 9.54. The standard InChI is InChI=1S/C18H23FN4OS/c1-3-6-12(2)16-21-22-17(25-16)20-18(24)23-10-9-13(11-23)14-7-4-5-8-15(14)19/h4-5,7-8,12-13H,3,6,9-11H2,1-2H3,(H,20,22,24). The highest BCUT2D eigenvalue weighted by Gasteiger charge is 2.29. The molecule has 0 radical (unpaired) electrons. The summed E-state index contributed by atoms with van der Waals surface area (Å²) in [6.07, 6.45) is 2.91. The van der Waals surface area contributed by atoms with Gasteiger partial charge in [0, 0.05) is 24.9 Å². The van der Waals surface area contributed by atoms with Gasteiger partial charge < -0.3 is 4.90 Å². The van der Waals surface area contributed by atoms with Crippen LogP contribution in [0, 0.1) is 5.82 Å². The molecule has 1 saturated heterocycles. The van der Waals surface area contributed by atoms with E-state index in [4.69, 9.17) is 0 Å². The summed E-state index contributed by atoms with van der Waals surface area (Å²) in [6, 6.07) is 6.60. The summed E-state index contributed by atoms with van der Waals surface area (Å²) in [6.45, 7) is 5.39. The molecular formula is C18H23FN4OS. The molecule has 7 heteroatoms. The number of nitrogens with one attached hydrogen (secondary N) is 1. The van der Waals surface area contributed by atoms with Crippen LogP contribution in [-0.4, -0.2) is 34.2 Å². The van der Waals surface area contributed by atoms with Gasteiger partial charge in [0.2, 0.25) is 5.13 Å². The third-order valence-electron chi connectivity index (χ3n) is 4.62. The molecule has 1 aliphatic heterocycles. The molecule has 5 nitrogen and oxygen atoms in total. The first kappa shape index (κ1) is 17.8. The second kappa shape index (κ2) is 7.91. The molecule has 1 aromatic carbocycles. The van der Waals surface area contributed by atoms with Crippen molar-refractivity contribution in [1.29, 1.82) is 0 Å². The van der Waals surface area contributed by atoms with Crippen molar-refractivity contribution in [3.8, 4) is 0 Å². The van der Waals surface area contributed by atoms with Gasteiger partial charge in [-0.2, -0.15) is 0 Å². The van der Waals surface area contributed by atoms with Gasteiger partial charge in [0.15, 0.2) is 0 Å². The molecule has 1 N–H and O–H groups in total. The second-order valence-corrected chi connectivity index (χ2v) is 7.53. The lowest BCUT2D eigenvalue weighted by atomic mass is 9.98. The van der Waals surface area contributed by atoms with Crippen molar-refractivity contribution in [2.45, 2.75) is 44.9 Å². The van der Waals surface area contributed by atoms with Crippen molar-refractivity contribution in [1.82, 2.24) is 15.1 Å². The number of aromatic nitrogens is 2. The predicted octanol–water partition coefficient (Wildman–Crippen LogP) is 4.60. The third kappa shape index (κ3) is 4.15. The summed E-state index contributed by atoms with van der Waals surface area (Å²) in [5, 5.41) is 12.5. The number of halogens is 1. The molecule has 0 saturated carbocycles. The molecular weight excluding hydrogens is 339 g/mol. The Morgan fingerprint density at radius 2 is 2.24 bits per heavy atom. The van der Waals surface area contributed by atoms with Crippen LogP contribution < -0.4 is 5.32 Å². The summed E-state index contributed by atoms with van der Waals surface area (Å²) in [7, 11) is 0. The molecule has 0 bridgehead atoms. The molecule has 0 spiro atoms. The maximum Gasteiger partial charge on any atom is 0.323 e. The Bertz CT molecular complexity index is 735. The Morgan fingerprint density at radius 1 is 1.44 bits per heavy atom. The number of nitrogens with zero attached hydrogens (tertiary/aromatic N) is 3. The van der Waals surface area contributed by atoms with Gasteiger partial charge in [-0.05, 0) is 24.5 Å². The zero-order valence-corrected chi connectivity index (χ0v) is 15.4. The van der Waals surface area contributed by atoms with E-state index in [1.54, 1.807) is 17.0 Å². The second-order valence-electron chi connectivity index (χ2n) is 6.52. The largest absolute Gasteiger partial charge is 0.324 e. The van der Waals surface area contributed by atoms with Crippen molar-refractivity contribution in [3.05, 3.63) is 40.7 Å². The number of carbonyl (C=O) groups is 1. The van der Waals surface area contributed by atoms with E-state index in [0.29, 0.717) is 29.7 Å². The normalized spacial score (nSPS) is 18.4. The average molecular weight is 362 g/mol. The molecule has 0 aliphatic carbocycles. The predicted molar refractivity (Wildman–Crippen MR) is 97.6 cm³/mol. The number of benzene rings is 1. The molecule has 2 amide bonds. The summed E-state index contributed by atoms with van der Waals surface area (Å²) in [4.78, 5) is 14.2. The van der Waals surface area contributed by atoms with Gasteiger partial charge in [0.25, 0.3) is 0 Å². The number of rotatable bonds is 5. The van der Waals surface area contributed by atoms with Gasteiger partial charge in [0.1, 0.15) is 10.8 Å². The fourth-order valence-electron chi connectivity index (χ4n) is 3.22. The van der Waals surface area contributed by atoms with Gasteiger partial charge in [0.05, 0.1) is 0 Å². The highest BCUT2D eigenvalue weighted by Crippen LogP contribution is 2.30. The first-order valence-electron chi connectivity index (χ1n) is 8.72. The lowest BCUT2D eigenvalue weighted by Crippen LogP contribution is -2.32. The summed E-state index contributed by atoms with van der Waals surface area (Å²) >= 11 is 1.43. The van der Waals surface area contributed by atoms with E-state index in [1.165, 1.54) is 17.4 Å². The van der Waals surface area contributed by atoms with E-state index in [1.807, 2.05) is 6.07 Å². The number of carbonyl (C=O) groups excluding carboxylic acids is 1. The molecule has 1 aromatic heterocycles. The van der Waals surface area contributed by atoms with Crippen LogP contribution in [0.15, 0.2) is 24.3 Å². The van der Waals surface area contributed by atoms with Crippen LogP contribution in [0.5, 0.6) is 0 Å². The van der Waals surface area contributed by atoms with Gasteiger partial charge in [-0.1, -0.05) is 49.8 Å². The van der Waals surface area contributed by atoms with Crippen LogP contribution in [0.3, 0.4) is 0 Å². The summed E-state index contributed by atoms with van der Waals surface area (Å²) < 4.78 is 13.9. The van der Waals surface area contributed by atoms with Gasteiger partial charge >= 0.3 is 6.03 Å². The van der Waals surface area contributed by atoms with Gasteiger partial charge in [-0.15, -0.1) is 10.2 Å². The van der Waals surface area contributed by atoms with Gasteiger partial charge in [-0.3, -0.25) is 5.32 Å². The van der Waals surface area contributed by atoms with E-state index in [2.05, 4.69) is 29.4 Å². The molecule has 2 aromatic rings. The quantitative estimate of drug-likeness (QED) is 0.845. The minimum atomic E-state index is -0.201. The van der Waals surface area contributed by atoms with Crippen molar-refractivity contribution in [3.63, 3.8) is 0 Å². The molecule has 25 heavy (non-hydrogen) atoms. The number of anilines is 1. The highest BCUT2D eigenvalue weighted by atomic mass is 32.1. The zero-order valence-electron chi connectivity index (χ0n) is 14.5. The van der Waals surface area contributed by atoms with Crippen molar-refractivity contribution >= 4 is 22.5 Å². The Kier molecular flexibility index (Phi) is 5.63. The van der Waals surface area contributed by atoms with Crippen LogP contribution in [0.1, 0.15) is 55.5 Å². The fourth-order valence-corrected chi connectivity index (χ4v) is 4.03. The zero-order chi connectivity index (χ0) is 17.8. The van der Waals surface area contributed by atoms with Crippen LogP contribution in [0.25, 0.3) is 0 Å². The van der Waals surface area contributed by atoms with Crippen LogP contribution in [0.2, 0.25) is 0 Å². The van der Waals surface area contributed by atoms with Crippen molar-refractivity contribution < 1.29 is 9.18 Å². The monoisotopic (exact) mass is 362 g/mol. The molecule has 1 aliphatic rings. The molecule has 2 unspecified atom stereocenters. The molecule has 1 fully saturated rings. The number of likely N-dealkylation sites (tertiary alicyclic amines) is 1. The SMILES string of the molecule is CCCC(C)c1nnc(NC(=O)N2CCC(c3ccccc3F)C2)s1. The summed E-state index contributed by atoms with van der Waals surface area (Å²) in [5.74, 6) is 0.195. The Labute approximate surface area is 151 Å². The maximum atomic E-state index is 13.9. The van der Waals surface area contributed by atoms with Crippen LogP contribution >= 0.6 is 11.3 Å². The first-order chi connectivity index (χ1) is 12.1. The Hall–Kier alpha value is -2.02.